The second-order valence-corrected chi connectivity index (χ2v) is 8.24. The molecule has 8 nitrogen and oxygen atoms in total. The van der Waals surface area contributed by atoms with Crippen molar-refractivity contribution in [2.75, 3.05) is 44.2 Å². The summed E-state index contributed by atoms with van der Waals surface area (Å²) in [4.78, 5) is 24.1. The number of aromatic nitrogens is 2. The molecule has 1 amide bonds. The quantitative estimate of drug-likeness (QED) is 0.794. The molecule has 8 heteroatoms. The number of hydrogen-bond acceptors (Lipinski definition) is 7. The van der Waals surface area contributed by atoms with Gasteiger partial charge in [0.05, 0.1) is 29.9 Å². The lowest BCUT2D eigenvalue weighted by Gasteiger charge is -2.25. The molecule has 2 N–H and O–H groups in total. The maximum atomic E-state index is 13.0. The van der Waals surface area contributed by atoms with Gasteiger partial charge in [-0.25, -0.2) is 0 Å². The highest BCUT2D eigenvalue weighted by molar-refractivity contribution is 5.92. The number of nitriles is 1. The number of amides is 1. The number of nitrogens with one attached hydrogen (secondary N) is 2. The summed E-state index contributed by atoms with van der Waals surface area (Å²) in [6.07, 6.45) is 5.44. The Bertz CT molecular complexity index is 977. The van der Waals surface area contributed by atoms with Gasteiger partial charge in [0.1, 0.15) is 17.1 Å². The zero-order valence-corrected chi connectivity index (χ0v) is 16.2. The van der Waals surface area contributed by atoms with Crippen molar-refractivity contribution >= 4 is 22.6 Å². The van der Waals surface area contributed by atoms with Gasteiger partial charge in [0.25, 0.3) is 0 Å². The maximum Gasteiger partial charge on any atom is 0.225 e. The summed E-state index contributed by atoms with van der Waals surface area (Å²) in [5, 5.41) is 15.8. The Labute approximate surface area is 169 Å². The van der Waals surface area contributed by atoms with Gasteiger partial charge >= 0.3 is 0 Å². The fraction of sp³-hybridized carbons (Fsp3) is 0.524. The molecular formula is C21H24N6O2. The Morgan fingerprint density at radius 3 is 2.90 bits per heavy atom. The van der Waals surface area contributed by atoms with E-state index in [4.69, 9.17) is 4.74 Å². The van der Waals surface area contributed by atoms with Crippen molar-refractivity contribution in [3.05, 3.63) is 30.1 Å². The standard InChI is InChI=1S/C21H24N6O2/c22-9-14-1-2-17(19-18(14)24-5-6-25-19)27-12-16(21(13-27)3-4-21)20(28)26-11-15-10-23-7-8-29-15/h1-2,5-6,15-16,23H,3-4,7-8,10-13H2,(H,26,28). The molecule has 2 aromatic rings. The Hall–Kier alpha value is -2.76. The number of fused-ring (bicyclic) bond motifs is 1. The number of anilines is 1. The summed E-state index contributed by atoms with van der Waals surface area (Å²) in [6, 6.07) is 5.93. The van der Waals surface area contributed by atoms with Crippen molar-refractivity contribution in [3.8, 4) is 6.07 Å². The molecular weight excluding hydrogens is 368 g/mol. The number of ether oxygens (including phenoxy) is 1. The SMILES string of the molecule is N#Cc1ccc(N2CC(C(=O)NCC3CNCCO3)C3(CC3)C2)c2nccnc12. The number of hydrogen-bond donors (Lipinski definition) is 2. The van der Waals surface area contributed by atoms with E-state index in [1.807, 2.05) is 6.07 Å². The van der Waals surface area contributed by atoms with Gasteiger partial charge in [0.15, 0.2) is 0 Å². The lowest BCUT2D eigenvalue weighted by molar-refractivity contribution is -0.126. The van der Waals surface area contributed by atoms with E-state index < -0.39 is 0 Å². The predicted octanol–water partition coefficient (Wildman–Crippen LogP) is 0.822. The van der Waals surface area contributed by atoms with Crippen LogP contribution in [0.5, 0.6) is 0 Å². The molecule has 1 saturated carbocycles. The van der Waals surface area contributed by atoms with Gasteiger partial charge in [0, 0.05) is 50.5 Å². The largest absolute Gasteiger partial charge is 0.374 e. The van der Waals surface area contributed by atoms with Crippen LogP contribution < -0.4 is 15.5 Å². The number of carbonyl (C=O) groups excluding carboxylic acids is 1. The Balaban J connectivity index is 1.35. The monoisotopic (exact) mass is 392 g/mol. The molecule has 2 unspecified atom stereocenters. The minimum absolute atomic E-state index is 0.0399. The molecule has 0 bridgehead atoms. The minimum atomic E-state index is -0.0404. The molecule has 0 radical (unpaired) electrons. The Morgan fingerprint density at radius 1 is 1.34 bits per heavy atom. The van der Waals surface area contributed by atoms with E-state index in [0.29, 0.717) is 30.8 Å². The second kappa shape index (κ2) is 7.25. The van der Waals surface area contributed by atoms with Crippen LogP contribution in [0.3, 0.4) is 0 Å². The number of morpholine rings is 1. The van der Waals surface area contributed by atoms with E-state index in [2.05, 4.69) is 31.6 Å². The fourth-order valence-electron chi connectivity index (χ4n) is 4.66. The van der Waals surface area contributed by atoms with E-state index in [1.165, 1.54) is 0 Å². The van der Waals surface area contributed by atoms with Crippen LogP contribution in [0.25, 0.3) is 11.0 Å². The Morgan fingerprint density at radius 2 is 2.17 bits per heavy atom. The number of rotatable bonds is 4. The van der Waals surface area contributed by atoms with Gasteiger partial charge in [-0.3, -0.25) is 14.8 Å². The first-order valence-corrected chi connectivity index (χ1v) is 10.2. The third kappa shape index (κ3) is 3.30. The zero-order chi connectivity index (χ0) is 19.8. The van der Waals surface area contributed by atoms with Crippen LogP contribution in [0.1, 0.15) is 18.4 Å². The van der Waals surface area contributed by atoms with E-state index >= 15 is 0 Å². The van der Waals surface area contributed by atoms with Gasteiger partial charge in [-0.15, -0.1) is 0 Å². The van der Waals surface area contributed by atoms with E-state index in [1.54, 1.807) is 18.5 Å². The normalized spacial score (nSPS) is 25.1. The third-order valence-electron chi connectivity index (χ3n) is 6.43. The molecule has 3 aliphatic rings. The summed E-state index contributed by atoms with van der Waals surface area (Å²) in [6.45, 7) is 4.38. The molecule has 3 fully saturated rings. The molecule has 29 heavy (non-hydrogen) atoms. The van der Waals surface area contributed by atoms with Crippen molar-refractivity contribution in [2.45, 2.75) is 18.9 Å². The van der Waals surface area contributed by atoms with Crippen LogP contribution in [0.2, 0.25) is 0 Å². The zero-order valence-electron chi connectivity index (χ0n) is 16.2. The maximum absolute atomic E-state index is 13.0. The van der Waals surface area contributed by atoms with Gasteiger partial charge in [-0.05, 0) is 25.0 Å². The predicted molar refractivity (Wildman–Crippen MR) is 107 cm³/mol. The third-order valence-corrected chi connectivity index (χ3v) is 6.43. The smallest absolute Gasteiger partial charge is 0.225 e. The summed E-state index contributed by atoms with van der Waals surface area (Å²) in [7, 11) is 0. The molecule has 1 aliphatic carbocycles. The lowest BCUT2D eigenvalue weighted by atomic mass is 9.92. The highest BCUT2D eigenvalue weighted by Gasteiger charge is 2.57. The van der Waals surface area contributed by atoms with Crippen molar-refractivity contribution in [1.82, 2.24) is 20.6 Å². The van der Waals surface area contributed by atoms with Crippen LogP contribution in [0, 0.1) is 22.7 Å². The minimum Gasteiger partial charge on any atom is -0.374 e. The first kappa shape index (κ1) is 18.3. The van der Waals surface area contributed by atoms with E-state index in [9.17, 15) is 10.1 Å². The van der Waals surface area contributed by atoms with Crippen LogP contribution in [0.15, 0.2) is 24.5 Å². The number of nitrogens with zero attached hydrogens (tertiary/aromatic N) is 4. The molecule has 1 aromatic carbocycles. The van der Waals surface area contributed by atoms with Crippen molar-refractivity contribution < 1.29 is 9.53 Å². The summed E-state index contributed by atoms with van der Waals surface area (Å²) in [5.74, 6) is 0.0737. The molecule has 2 saturated heterocycles. The van der Waals surface area contributed by atoms with Crippen molar-refractivity contribution in [1.29, 1.82) is 5.26 Å². The summed E-state index contributed by atoms with van der Waals surface area (Å²) in [5.41, 5.74) is 2.87. The number of carbonyl (C=O) groups is 1. The van der Waals surface area contributed by atoms with E-state index in [-0.39, 0.29) is 23.3 Å². The molecule has 1 aromatic heterocycles. The molecule has 1 spiro atoms. The van der Waals surface area contributed by atoms with Crippen molar-refractivity contribution in [2.24, 2.45) is 11.3 Å². The van der Waals surface area contributed by atoms with Crippen LogP contribution >= 0.6 is 0 Å². The molecule has 3 heterocycles. The topological polar surface area (TPSA) is 103 Å². The first-order valence-electron chi connectivity index (χ1n) is 10.2. The second-order valence-electron chi connectivity index (χ2n) is 8.24. The first-order chi connectivity index (χ1) is 14.2. The van der Waals surface area contributed by atoms with E-state index in [0.717, 1.165) is 43.7 Å². The average Bonchev–Trinajstić information content (AvgIpc) is 3.44. The average molecular weight is 392 g/mol. The van der Waals surface area contributed by atoms with Gasteiger partial charge < -0.3 is 20.3 Å². The van der Waals surface area contributed by atoms with Crippen LogP contribution in [0.4, 0.5) is 5.69 Å². The molecule has 2 aliphatic heterocycles. The van der Waals surface area contributed by atoms with Gasteiger partial charge in [-0.2, -0.15) is 5.26 Å². The molecule has 150 valence electrons. The van der Waals surface area contributed by atoms with Crippen molar-refractivity contribution in [3.63, 3.8) is 0 Å². The van der Waals surface area contributed by atoms with Crippen LogP contribution in [-0.4, -0.2) is 61.3 Å². The Kier molecular flexibility index (Phi) is 4.57. The van der Waals surface area contributed by atoms with Crippen LogP contribution in [-0.2, 0) is 9.53 Å². The van der Waals surface area contributed by atoms with Gasteiger partial charge in [0.2, 0.25) is 5.91 Å². The molecule has 5 rings (SSSR count). The highest BCUT2D eigenvalue weighted by atomic mass is 16.5. The highest BCUT2D eigenvalue weighted by Crippen LogP contribution is 2.57. The molecule has 2 atom stereocenters. The van der Waals surface area contributed by atoms with Gasteiger partial charge in [-0.1, -0.05) is 0 Å². The lowest BCUT2D eigenvalue weighted by Crippen LogP contribution is -2.47. The number of benzene rings is 1. The fourth-order valence-corrected chi connectivity index (χ4v) is 4.66. The summed E-state index contributed by atoms with van der Waals surface area (Å²) >= 11 is 0. The summed E-state index contributed by atoms with van der Waals surface area (Å²) < 4.78 is 5.69.